The zero-order valence-corrected chi connectivity index (χ0v) is 5.59. The number of aldehydes is 1. The van der Waals surface area contributed by atoms with Crippen LogP contribution in [0.5, 0.6) is 0 Å². The molecule has 0 aliphatic heterocycles. The Morgan fingerprint density at radius 2 is 2.22 bits per heavy atom. The van der Waals surface area contributed by atoms with Crippen LogP contribution >= 0.6 is 0 Å². The van der Waals surface area contributed by atoms with Crippen molar-refractivity contribution in [2.24, 2.45) is 5.92 Å². The molecule has 0 atom stereocenters. The Balaban J connectivity index is 4.12. The number of carbonyl (C=O) groups excluding carboxylic acids is 1. The first kappa shape index (κ1) is 7.90. The molecule has 2 heteroatoms. The molecule has 0 fully saturated rings. The first-order valence-corrected chi connectivity index (χ1v) is 2.77. The fourth-order valence-electron chi connectivity index (χ4n) is 0.462. The fourth-order valence-corrected chi connectivity index (χ4v) is 0.462. The van der Waals surface area contributed by atoms with E-state index in [0.717, 1.165) is 0 Å². The van der Waals surface area contributed by atoms with E-state index in [9.17, 15) is 4.79 Å². The lowest BCUT2D eigenvalue weighted by molar-refractivity contribution is -0.104. The van der Waals surface area contributed by atoms with Crippen molar-refractivity contribution in [2.45, 2.75) is 13.8 Å². The van der Waals surface area contributed by atoms with E-state index in [0.29, 0.717) is 6.29 Å². The van der Waals surface area contributed by atoms with E-state index in [2.05, 4.69) is 0 Å². The number of hydrogen-bond donors (Lipinski definition) is 0. The molecule has 0 radical (unpaired) electrons. The highest BCUT2D eigenvalue weighted by Gasteiger charge is 1.92. The van der Waals surface area contributed by atoms with E-state index < -0.39 is 0 Å². The van der Waals surface area contributed by atoms with Gasteiger partial charge in [0.2, 0.25) is 0 Å². The van der Waals surface area contributed by atoms with Gasteiger partial charge in [-0.3, -0.25) is 4.79 Å². The molecule has 2 nitrogen and oxygen atoms in total. The summed E-state index contributed by atoms with van der Waals surface area (Å²) in [7, 11) is 0. The Bertz CT molecular complexity index is 162. The van der Waals surface area contributed by atoms with Crippen LogP contribution < -0.4 is 0 Å². The number of allylic oxidation sites excluding steroid dienone is 2. The molecule has 0 bridgehead atoms. The molecule has 48 valence electrons. The predicted octanol–water partition coefficient (Wildman–Crippen LogP) is 1.29. The van der Waals surface area contributed by atoms with Gasteiger partial charge in [-0.25, -0.2) is 0 Å². The van der Waals surface area contributed by atoms with E-state index in [1.807, 2.05) is 13.8 Å². The van der Waals surface area contributed by atoms with Gasteiger partial charge >= 0.3 is 0 Å². The third-order valence-corrected chi connectivity index (χ3v) is 0.769. The number of rotatable bonds is 2. The zero-order valence-electron chi connectivity index (χ0n) is 5.59. The van der Waals surface area contributed by atoms with E-state index in [4.69, 9.17) is 5.26 Å². The highest BCUT2D eigenvalue weighted by Crippen LogP contribution is 1.97. The monoisotopic (exact) mass is 123 g/mol. The van der Waals surface area contributed by atoms with Crippen molar-refractivity contribution in [2.75, 3.05) is 0 Å². The topological polar surface area (TPSA) is 40.9 Å². The van der Waals surface area contributed by atoms with Gasteiger partial charge in [0, 0.05) is 0 Å². The van der Waals surface area contributed by atoms with Crippen molar-refractivity contribution >= 4 is 6.29 Å². The Labute approximate surface area is 54.8 Å². The molecule has 0 heterocycles. The van der Waals surface area contributed by atoms with E-state index in [-0.39, 0.29) is 11.5 Å². The van der Waals surface area contributed by atoms with Crippen LogP contribution in [0, 0.1) is 17.2 Å². The summed E-state index contributed by atoms with van der Waals surface area (Å²) in [5.74, 6) is 0.268. The molecule has 0 aliphatic carbocycles. The van der Waals surface area contributed by atoms with Crippen molar-refractivity contribution in [3.8, 4) is 6.07 Å². The van der Waals surface area contributed by atoms with Gasteiger partial charge in [0.25, 0.3) is 0 Å². The van der Waals surface area contributed by atoms with Gasteiger partial charge in [-0.2, -0.15) is 5.26 Å². The molecule has 0 spiro atoms. The minimum atomic E-state index is 0.213. The van der Waals surface area contributed by atoms with E-state index in [1.165, 1.54) is 0 Å². The lowest BCUT2D eigenvalue weighted by Crippen LogP contribution is -1.84. The largest absolute Gasteiger partial charge is 0.297 e. The lowest BCUT2D eigenvalue weighted by atomic mass is 10.1. The Hall–Kier alpha value is -1.10. The Morgan fingerprint density at radius 3 is 2.33 bits per heavy atom. The maximum atomic E-state index is 9.98. The first-order valence-electron chi connectivity index (χ1n) is 2.77. The van der Waals surface area contributed by atoms with Crippen LogP contribution in [-0.4, -0.2) is 6.29 Å². The van der Waals surface area contributed by atoms with Gasteiger partial charge in [-0.05, 0) is 5.92 Å². The minimum absolute atomic E-state index is 0.213. The molecule has 0 amide bonds. The maximum Gasteiger partial charge on any atom is 0.160 e. The van der Waals surface area contributed by atoms with Gasteiger partial charge in [0.05, 0.1) is 5.57 Å². The van der Waals surface area contributed by atoms with Gasteiger partial charge < -0.3 is 0 Å². The third kappa shape index (κ3) is 3.48. The van der Waals surface area contributed by atoms with E-state index >= 15 is 0 Å². The standard InChI is InChI=1S/C7H9NO/c1-6(2)3-7(4-8)5-9/h3,5-6H,1-2H3. The summed E-state index contributed by atoms with van der Waals surface area (Å²) in [5.41, 5.74) is 0.213. The molecule has 9 heavy (non-hydrogen) atoms. The predicted molar refractivity (Wildman–Crippen MR) is 34.6 cm³/mol. The summed E-state index contributed by atoms with van der Waals surface area (Å²) in [5, 5.41) is 8.23. The smallest absolute Gasteiger partial charge is 0.160 e. The Morgan fingerprint density at radius 1 is 1.67 bits per heavy atom. The summed E-state index contributed by atoms with van der Waals surface area (Å²) >= 11 is 0. The number of nitrogens with zero attached hydrogens (tertiary/aromatic N) is 1. The highest BCUT2D eigenvalue weighted by atomic mass is 16.1. The SMILES string of the molecule is CC(C)C=C(C#N)C=O. The Kier molecular flexibility index (Phi) is 3.38. The average molecular weight is 123 g/mol. The van der Waals surface area contributed by atoms with Gasteiger partial charge in [-0.15, -0.1) is 0 Å². The zero-order chi connectivity index (χ0) is 7.28. The highest BCUT2D eigenvalue weighted by molar-refractivity contribution is 5.78. The molecular weight excluding hydrogens is 114 g/mol. The first-order chi connectivity index (χ1) is 4.20. The second-order valence-corrected chi connectivity index (χ2v) is 2.10. The van der Waals surface area contributed by atoms with Crippen LogP contribution in [0.15, 0.2) is 11.6 Å². The summed E-state index contributed by atoms with van der Waals surface area (Å²) in [6, 6.07) is 1.78. The van der Waals surface area contributed by atoms with Crippen LogP contribution in [0.2, 0.25) is 0 Å². The quantitative estimate of drug-likeness (QED) is 0.315. The number of nitriles is 1. The van der Waals surface area contributed by atoms with Crippen LogP contribution in [0.1, 0.15) is 13.8 Å². The molecule has 0 aromatic heterocycles. The minimum Gasteiger partial charge on any atom is -0.297 e. The third-order valence-electron chi connectivity index (χ3n) is 0.769. The fraction of sp³-hybridized carbons (Fsp3) is 0.429. The number of hydrogen-bond acceptors (Lipinski definition) is 2. The van der Waals surface area contributed by atoms with E-state index in [1.54, 1.807) is 12.1 Å². The van der Waals surface area contributed by atoms with Crippen molar-refractivity contribution < 1.29 is 4.79 Å². The molecule has 0 saturated heterocycles. The van der Waals surface area contributed by atoms with Crippen LogP contribution in [-0.2, 0) is 4.79 Å². The lowest BCUT2D eigenvalue weighted by Gasteiger charge is -1.90. The molecule has 0 aromatic rings. The van der Waals surface area contributed by atoms with Crippen molar-refractivity contribution in [3.05, 3.63) is 11.6 Å². The second-order valence-electron chi connectivity index (χ2n) is 2.10. The summed E-state index contributed by atoms with van der Waals surface area (Å²) in [4.78, 5) is 9.98. The van der Waals surface area contributed by atoms with Crippen LogP contribution in [0.4, 0.5) is 0 Å². The summed E-state index contributed by atoms with van der Waals surface area (Å²) in [6.45, 7) is 3.84. The molecule has 0 aliphatic rings. The van der Waals surface area contributed by atoms with Crippen molar-refractivity contribution in [3.63, 3.8) is 0 Å². The molecule has 0 aromatic carbocycles. The van der Waals surface area contributed by atoms with Gasteiger partial charge in [0.1, 0.15) is 6.07 Å². The average Bonchev–Trinajstić information content (AvgIpc) is 1.82. The molecule has 0 rings (SSSR count). The second kappa shape index (κ2) is 3.85. The summed E-state index contributed by atoms with van der Waals surface area (Å²) in [6.07, 6.45) is 2.20. The van der Waals surface area contributed by atoms with Crippen LogP contribution in [0.25, 0.3) is 0 Å². The normalized spacial score (nSPS) is 11.1. The van der Waals surface area contributed by atoms with Crippen LogP contribution in [0.3, 0.4) is 0 Å². The summed E-state index contributed by atoms with van der Waals surface area (Å²) < 4.78 is 0. The van der Waals surface area contributed by atoms with Gasteiger partial charge in [-0.1, -0.05) is 19.9 Å². The molecule has 0 saturated carbocycles. The van der Waals surface area contributed by atoms with Crippen molar-refractivity contribution in [1.29, 1.82) is 5.26 Å². The van der Waals surface area contributed by atoms with Crippen molar-refractivity contribution in [1.82, 2.24) is 0 Å². The molecular formula is C7H9NO. The number of carbonyl (C=O) groups is 1. The molecule has 0 N–H and O–H groups in total. The van der Waals surface area contributed by atoms with Gasteiger partial charge in [0.15, 0.2) is 6.29 Å². The molecule has 0 unspecified atom stereocenters. The maximum absolute atomic E-state index is 9.98.